The zero-order valence-electron chi connectivity index (χ0n) is 21.1. The van der Waals surface area contributed by atoms with Gasteiger partial charge in [0.05, 0.1) is 25.6 Å². The zero-order valence-corrected chi connectivity index (χ0v) is 21.1. The van der Waals surface area contributed by atoms with E-state index in [1.807, 2.05) is 44.2 Å². The van der Waals surface area contributed by atoms with Gasteiger partial charge in [-0.2, -0.15) is 0 Å². The summed E-state index contributed by atoms with van der Waals surface area (Å²) in [7, 11) is 6.55. The maximum absolute atomic E-state index is 12.9. The summed E-state index contributed by atoms with van der Waals surface area (Å²) in [5.41, 5.74) is 2.45. The molecule has 2 aromatic carbocycles. The highest BCUT2D eigenvalue weighted by molar-refractivity contribution is 5.64. The van der Waals surface area contributed by atoms with Gasteiger partial charge in [-0.15, -0.1) is 0 Å². The van der Waals surface area contributed by atoms with Crippen LogP contribution < -0.4 is 30.7 Å². The van der Waals surface area contributed by atoms with Crippen molar-refractivity contribution in [2.45, 2.75) is 26.0 Å². The predicted molar refractivity (Wildman–Crippen MR) is 135 cm³/mol. The van der Waals surface area contributed by atoms with Gasteiger partial charge < -0.3 is 24.6 Å². The Morgan fingerprint density at radius 1 is 0.971 bits per heavy atom. The van der Waals surface area contributed by atoms with Gasteiger partial charge in [-0.3, -0.25) is 9.13 Å². The van der Waals surface area contributed by atoms with Gasteiger partial charge >= 0.3 is 5.69 Å². The second-order valence-electron chi connectivity index (χ2n) is 8.49. The van der Waals surface area contributed by atoms with Crippen LogP contribution in [0.3, 0.4) is 0 Å². The van der Waals surface area contributed by atoms with Gasteiger partial charge in [-0.1, -0.05) is 13.8 Å². The van der Waals surface area contributed by atoms with Crippen LogP contribution in [0.2, 0.25) is 0 Å². The quantitative estimate of drug-likeness (QED) is 0.460. The zero-order chi connectivity index (χ0) is 25.5. The van der Waals surface area contributed by atoms with Crippen molar-refractivity contribution in [3.8, 4) is 28.5 Å². The third-order valence-electron chi connectivity index (χ3n) is 5.51. The summed E-state index contributed by atoms with van der Waals surface area (Å²) in [4.78, 5) is 17.6. The molecule has 0 saturated heterocycles. The van der Waals surface area contributed by atoms with Crippen LogP contribution in [0.4, 0.5) is 5.69 Å². The molecular weight excluding hydrogens is 448 g/mol. The lowest BCUT2D eigenvalue weighted by molar-refractivity contribution is 0.104. The molecule has 188 valence electrons. The maximum atomic E-state index is 12.9. The second kappa shape index (κ2) is 11.7. The molecule has 0 amide bonds. The van der Waals surface area contributed by atoms with E-state index < -0.39 is 6.10 Å². The van der Waals surface area contributed by atoms with Crippen molar-refractivity contribution in [1.29, 1.82) is 0 Å². The van der Waals surface area contributed by atoms with Crippen LogP contribution in [0.25, 0.3) is 11.3 Å². The Bertz CT molecular complexity index is 1260. The fourth-order valence-corrected chi connectivity index (χ4v) is 3.49. The SMILES string of the molecule is COc1ccc(-c2c/c(=N/c3ccc(OCC(O)CNC(C)C)cc3)n(C)c(=O)n2C)cc1OC. The maximum Gasteiger partial charge on any atom is 0.329 e. The molecule has 3 rings (SSSR count). The molecule has 3 aromatic rings. The summed E-state index contributed by atoms with van der Waals surface area (Å²) in [6.45, 7) is 4.70. The molecule has 9 nitrogen and oxygen atoms in total. The number of hydrogen-bond acceptors (Lipinski definition) is 7. The molecular formula is C26H34N4O5. The van der Waals surface area contributed by atoms with E-state index in [4.69, 9.17) is 14.2 Å². The van der Waals surface area contributed by atoms with E-state index in [0.29, 0.717) is 46.7 Å². The lowest BCUT2D eigenvalue weighted by Gasteiger charge is -2.15. The fraction of sp³-hybridized carbons (Fsp3) is 0.385. The summed E-state index contributed by atoms with van der Waals surface area (Å²) in [6.07, 6.45) is -0.601. The molecule has 1 heterocycles. The van der Waals surface area contributed by atoms with Crippen LogP contribution in [0.5, 0.6) is 17.2 Å². The van der Waals surface area contributed by atoms with E-state index in [9.17, 15) is 9.90 Å². The molecule has 0 saturated carbocycles. The molecule has 2 N–H and O–H groups in total. The molecule has 0 spiro atoms. The molecule has 9 heteroatoms. The van der Waals surface area contributed by atoms with E-state index in [1.165, 1.54) is 4.57 Å². The minimum absolute atomic E-state index is 0.189. The number of aliphatic hydroxyl groups excluding tert-OH is 1. The number of benzene rings is 2. The number of nitrogens with one attached hydrogen (secondary N) is 1. The van der Waals surface area contributed by atoms with Crippen LogP contribution in [0.1, 0.15) is 13.8 Å². The van der Waals surface area contributed by atoms with E-state index in [0.717, 1.165) is 5.56 Å². The van der Waals surface area contributed by atoms with E-state index in [2.05, 4.69) is 10.3 Å². The van der Waals surface area contributed by atoms with Crippen molar-refractivity contribution in [1.82, 2.24) is 14.5 Å². The van der Waals surface area contributed by atoms with Crippen molar-refractivity contribution >= 4 is 5.69 Å². The summed E-state index contributed by atoms with van der Waals surface area (Å²) in [5.74, 6) is 1.82. The minimum atomic E-state index is -0.601. The van der Waals surface area contributed by atoms with Gasteiger partial charge in [-0.05, 0) is 42.5 Å². The normalized spacial score (nSPS) is 12.6. The molecule has 1 unspecified atom stereocenters. The van der Waals surface area contributed by atoms with Crippen molar-refractivity contribution in [3.05, 3.63) is 64.5 Å². The molecule has 0 radical (unpaired) electrons. The highest BCUT2D eigenvalue weighted by Crippen LogP contribution is 2.31. The fourth-order valence-electron chi connectivity index (χ4n) is 3.49. The Morgan fingerprint density at radius 2 is 1.66 bits per heavy atom. The Kier molecular flexibility index (Phi) is 8.73. The van der Waals surface area contributed by atoms with Crippen molar-refractivity contribution < 1.29 is 19.3 Å². The third kappa shape index (κ3) is 6.52. The second-order valence-corrected chi connectivity index (χ2v) is 8.49. The standard InChI is InChI=1S/C26H34N4O5/c1-17(2)27-15-20(31)16-35-21-10-8-19(9-11-21)28-25-14-22(29(3)26(32)30(25)4)18-7-12-23(33-5)24(13-18)34-6/h7-14,17,20,27,31H,15-16H2,1-6H3/b28-25-. The monoisotopic (exact) mass is 482 g/mol. The van der Waals surface area contributed by atoms with Crippen LogP contribution in [0, 0.1) is 0 Å². The third-order valence-corrected chi connectivity index (χ3v) is 5.51. The Hall–Kier alpha value is -3.56. The first-order valence-electron chi connectivity index (χ1n) is 11.4. The molecule has 1 aromatic heterocycles. The predicted octanol–water partition coefficient (Wildman–Crippen LogP) is 2.38. The molecule has 0 aliphatic carbocycles. The number of methoxy groups -OCH3 is 2. The Balaban J connectivity index is 1.87. The number of aliphatic hydroxyl groups is 1. The van der Waals surface area contributed by atoms with Gasteiger partial charge in [0.25, 0.3) is 0 Å². The first kappa shape index (κ1) is 26.1. The number of nitrogens with zero attached hydrogens (tertiary/aromatic N) is 3. The van der Waals surface area contributed by atoms with Crippen LogP contribution in [0.15, 0.2) is 58.3 Å². The average molecular weight is 483 g/mol. The Morgan fingerprint density at radius 3 is 2.29 bits per heavy atom. The highest BCUT2D eigenvalue weighted by Gasteiger charge is 2.11. The first-order valence-corrected chi connectivity index (χ1v) is 11.4. The molecule has 0 fully saturated rings. The molecule has 0 aliphatic rings. The van der Waals surface area contributed by atoms with Crippen molar-refractivity contribution in [2.24, 2.45) is 19.1 Å². The topological polar surface area (TPSA) is 99.2 Å². The highest BCUT2D eigenvalue weighted by atomic mass is 16.5. The first-order chi connectivity index (χ1) is 16.7. The molecule has 0 bridgehead atoms. The number of rotatable bonds is 10. The van der Waals surface area contributed by atoms with Crippen LogP contribution in [-0.4, -0.2) is 53.8 Å². The largest absolute Gasteiger partial charge is 0.493 e. The van der Waals surface area contributed by atoms with Gasteiger partial charge in [0.1, 0.15) is 23.9 Å². The Labute approximate surface area is 205 Å². The summed E-state index contributed by atoms with van der Waals surface area (Å²) in [6, 6.07) is 14.8. The summed E-state index contributed by atoms with van der Waals surface area (Å²) in [5, 5.41) is 13.2. The average Bonchev–Trinajstić information content (AvgIpc) is 2.86. The van der Waals surface area contributed by atoms with Gasteiger partial charge in [0, 0.05) is 38.3 Å². The summed E-state index contributed by atoms with van der Waals surface area (Å²) < 4.78 is 19.5. The smallest absolute Gasteiger partial charge is 0.329 e. The van der Waals surface area contributed by atoms with E-state index in [1.54, 1.807) is 51.1 Å². The number of ether oxygens (including phenoxy) is 3. The van der Waals surface area contributed by atoms with Gasteiger partial charge in [-0.25, -0.2) is 9.79 Å². The van der Waals surface area contributed by atoms with Crippen molar-refractivity contribution in [3.63, 3.8) is 0 Å². The summed E-state index contributed by atoms with van der Waals surface area (Å²) >= 11 is 0. The molecule has 1 atom stereocenters. The van der Waals surface area contributed by atoms with Crippen molar-refractivity contribution in [2.75, 3.05) is 27.4 Å². The lowest BCUT2D eigenvalue weighted by atomic mass is 10.1. The molecule has 0 aliphatic heterocycles. The van der Waals surface area contributed by atoms with Gasteiger partial charge in [0.2, 0.25) is 0 Å². The van der Waals surface area contributed by atoms with E-state index in [-0.39, 0.29) is 12.3 Å². The molecule has 35 heavy (non-hydrogen) atoms. The van der Waals surface area contributed by atoms with Crippen LogP contribution >= 0.6 is 0 Å². The number of aromatic nitrogens is 2. The number of hydrogen-bond donors (Lipinski definition) is 2. The lowest BCUT2D eigenvalue weighted by Crippen LogP contribution is -2.37. The van der Waals surface area contributed by atoms with Crippen LogP contribution in [-0.2, 0) is 14.1 Å². The van der Waals surface area contributed by atoms with E-state index >= 15 is 0 Å². The van der Waals surface area contributed by atoms with Gasteiger partial charge in [0.15, 0.2) is 11.5 Å². The minimum Gasteiger partial charge on any atom is -0.493 e.